The number of carbonyl (C=O) groups is 1. The normalized spacial score (nSPS) is 24.6. The van der Waals surface area contributed by atoms with Crippen molar-refractivity contribution >= 4 is 5.91 Å². The van der Waals surface area contributed by atoms with Gasteiger partial charge in [-0.1, -0.05) is 129 Å². The van der Waals surface area contributed by atoms with Crippen LogP contribution in [0.25, 0.3) is 0 Å². The highest BCUT2D eigenvalue weighted by atomic mass is 16.7. The molecule has 0 radical (unpaired) electrons. The Morgan fingerprint density at radius 3 is 1.68 bits per heavy atom. The lowest BCUT2D eigenvalue weighted by atomic mass is 9.98. The minimum Gasteiger partial charge on any atom is -0.394 e. The highest BCUT2D eigenvalue weighted by molar-refractivity contribution is 5.76. The number of carbonyl (C=O) groups excluding carboxylic acids is 1. The first-order valence-electron chi connectivity index (χ1n) is 19.3. The summed E-state index contributed by atoms with van der Waals surface area (Å²) in [5.41, 5.74) is 0. The molecule has 0 aromatic rings. The second-order valence-corrected chi connectivity index (χ2v) is 14.2. The van der Waals surface area contributed by atoms with Gasteiger partial charge in [-0.25, -0.2) is 0 Å². The van der Waals surface area contributed by atoms with Crippen molar-refractivity contribution in [2.45, 2.75) is 197 Å². The fraction of sp³-hybridized carbons (Fsp3) is 0.973. The molecule has 278 valence electrons. The maximum absolute atomic E-state index is 12.6. The standard InChI is InChI=1S/C37H71NO9/c1-2-22-31(40)30(28-46-37-36(44)35(43)34(42)32(25-39)47-37)38-33(41)24-21-19-17-15-13-11-9-7-5-3-4-6-8-10-12-14-16-18-20-23-29-26-45-27-29/h29-32,34-37,39-40,42-44H,2-28H2,1H3,(H,38,41)/t30-,31+,32?,34?,35?,36?,37?/m0/s1. The van der Waals surface area contributed by atoms with E-state index in [9.17, 15) is 30.3 Å². The van der Waals surface area contributed by atoms with Crippen LogP contribution in [0.5, 0.6) is 0 Å². The minimum absolute atomic E-state index is 0.146. The third-order valence-electron chi connectivity index (χ3n) is 9.91. The van der Waals surface area contributed by atoms with E-state index in [1.54, 1.807) is 0 Å². The van der Waals surface area contributed by atoms with E-state index in [1.165, 1.54) is 109 Å². The molecule has 10 nitrogen and oxygen atoms in total. The maximum atomic E-state index is 12.6. The first-order valence-corrected chi connectivity index (χ1v) is 19.3. The topological polar surface area (TPSA) is 158 Å². The van der Waals surface area contributed by atoms with Crippen LogP contribution in [0.3, 0.4) is 0 Å². The van der Waals surface area contributed by atoms with E-state index in [0.29, 0.717) is 19.3 Å². The first kappa shape index (κ1) is 42.3. The molecule has 2 heterocycles. The Kier molecular flexibility index (Phi) is 24.3. The van der Waals surface area contributed by atoms with Crippen molar-refractivity contribution in [3.05, 3.63) is 0 Å². The molecule has 47 heavy (non-hydrogen) atoms. The van der Waals surface area contributed by atoms with Gasteiger partial charge in [0.2, 0.25) is 5.91 Å². The smallest absolute Gasteiger partial charge is 0.220 e. The Bertz CT molecular complexity index is 753. The molecule has 1 amide bonds. The number of nitrogens with one attached hydrogen (secondary N) is 1. The van der Waals surface area contributed by atoms with Gasteiger partial charge in [0.1, 0.15) is 24.4 Å². The van der Waals surface area contributed by atoms with Gasteiger partial charge in [0.05, 0.1) is 38.6 Å². The summed E-state index contributed by atoms with van der Waals surface area (Å²) in [5, 5.41) is 52.9. The molecule has 2 rings (SSSR count). The third kappa shape index (κ3) is 18.6. The summed E-state index contributed by atoms with van der Waals surface area (Å²) in [5.74, 6) is 0.701. The average Bonchev–Trinajstić information content (AvgIpc) is 3.04. The molecule has 7 atom stereocenters. The number of unbranched alkanes of at least 4 members (excludes halogenated alkanes) is 18. The molecule has 2 aliphatic rings. The Balaban J connectivity index is 1.40. The fourth-order valence-electron chi connectivity index (χ4n) is 6.60. The summed E-state index contributed by atoms with van der Waals surface area (Å²) in [6.45, 7) is 3.24. The summed E-state index contributed by atoms with van der Waals surface area (Å²) in [4.78, 5) is 12.6. The van der Waals surface area contributed by atoms with Crippen LogP contribution < -0.4 is 5.32 Å². The van der Waals surface area contributed by atoms with Crippen LogP contribution >= 0.6 is 0 Å². The average molecular weight is 674 g/mol. The van der Waals surface area contributed by atoms with E-state index in [1.807, 2.05) is 6.92 Å². The number of aliphatic hydroxyl groups is 5. The molecule has 2 fully saturated rings. The molecule has 0 bridgehead atoms. The van der Waals surface area contributed by atoms with Crippen LogP contribution in [0.2, 0.25) is 0 Å². The fourth-order valence-corrected chi connectivity index (χ4v) is 6.60. The van der Waals surface area contributed by atoms with Gasteiger partial charge in [0, 0.05) is 12.3 Å². The SMILES string of the molecule is CCC[C@@H](O)[C@H](COC1OC(CO)C(O)C(O)C1O)NC(=O)CCCCCCCCCCCCCCCCCCCCCC1COC1. The van der Waals surface area contributed by atoms with Crippen molar-refractivity contribution < 1.29 is 44.5 Å². The van der Waals surface area contributed by atoms with Crippen molar-refractivity contribution in [3.8, 4) is 0 Å². The van der Waals surface area contributed by atoms with Crippen molar-refractivity contribution in [2.24, 2.45) is 5.92 Å². The highest BCUT2D eigenvalue weighted by Crippen LogP contribution is 2.23. The van der Waals surface area contributed by atoms with E-state index < -0.39 is 49.5 Å². The Morgan fingerprint density at radius 1 is 0.745 bits per heavy atom. The molecule has 2 saturated heterocycles. The van der Waals surface area contributed by atoms with Crippen molar-refractivity contribution in [1.82, 2.24) is 5.32 Å². The summed E-state index contributed by atoms with van der Waals surface area (Å²) in [7, 11) is 0. The zero-order valence-electron chi connectivity index (χ0n) is 29.6. The number of hydrogen-bond acceptors (Lipinski definition) is 9. The predicted molar refractivity (Wildman–Crippen MR) is 184 cm³/mol. The summed E-state index contributed by atoms with van der Waals surface area (Å²) >= 11 is 0. The van der Waals surface area contributed by atoms with E-state index in [2.05, 4.69) is 5.32 Å². The quantitative estimate of drug-likeness (QED) is 0.0558. The zero-order valence-corrected chi connectivity index (χ0v) is 29.6. The molecule has 5 unspecified atom stereocenters. The van der Waals surface area contributed by atoms with Gasteiger partial charge in [-0.15, -0.1) is 0 Å². The Labute approximate surface area is 285 Å². The summed E-state index contributed by atoms with van der Waals surface area (Å²) < 4.78 is 16.2. The second kappa shape index (κ2) is 26.9. The van der Waals surface area contributed by atoms with Crippen LogP contribution in [0.1, 0.15) is 155 Å². The van der Waals surface area contributed by atoms with Gasteiger partial charge in [-0.05, 0) is 19.3 Å². The molecular weight excluding hydrogens is 602 g/mol. The number of ether oxygens (including phenoxy) is 3. The van der Waals surface area contributed by atoms with Crippen LogP contribution in [0.4, 0.5) is 0 Å². The maximum Gasteiger partial charge on any atom is 0.220 e. The Morgan fingerprint density at radius 2 is 1.23 bits per heavy atom. The zero-order chi connectivity index (χ0) is 34.1. The molecule has 0 spiro atoms. The Hall–Kier alpha value is -0.850. The van der Waals surface area contributed by atoms with Gasteiger partial charge >= 0.3 is 0 Å². The molecule has 0 aromatic heterocycles. The lowest BCUT2D eigenvalue weighted by molar-refractivity contribution is -0.302. The van der Waals surface area contributed by atoms with Crippen LogP contribution in [0.15, 0.2) is 0 Å². The van der Waals surface area contributed by atoms with E-state index in [0.717, 1.165) is 38.4 Å². The highest BCUT2D eigenvalue weighted by Gasteiger charge is 2.44. The minimum atomic E-state index is -1.54. The van der Waals surface area contributed by atoms with E-state index in [4.69, 9.17) is 14.2 Å². The van der Waals surface area contributed by atoms with E-state index >= 15 is 0 Å². The monoisotopic (exact) mass is 674 g/mol. The summed E-state index contributed by atoms with van der Waals surface area (Å²) in [6.07, 6.45) is 19.8. The second-order valence-electron chi connectivity index (χ2n) is 14.2. The molecule has 0 saturated carbocycles. The van der Waals surface area contributed by atoms with Gasteiger partial charge in [-0.3, -0.25) is 4.79 Å². The number of amides is 1. The molecule has 0 aromatic carbocycles. The van der Waals surface area contributed by atoms with Gasteiger partial charge in [-0.2, -0.15) is 0 Å². The summed E-state index contributed by atoms with van der Waals surface area (Å²) in [6, 6.07) is -0.711. The molecule has 2 aliphatic heterocycles. The van der Waals surface area contributed by atoms with Crippen LogP contribution in [-0.4, -0.2) is 101 Å². The van der Waals surface area contributed by atoms with Gasteiger partial charge in [0.15, 0.2) is 6.29 Å². The van der Waals surface area contributed by atoms with Crippen LogP contribution in [0, 0.1) is 5.92 Å². The van der Waals surface area contributed by atoms with E-state index in [-0.39, 0.29) is 12.5 Å². The molecule has 10 heteroatoms. The van der Waals surface area contributed by atoms with Gasteiger partial charge in [0.25, 0.3) is 0 Å². The lowest BCUT2D eigenvalue weighted by Gasteiger charge is -2.40. The number of rotatable bonds is 30. The van der Waals surface area contributed by atoms with Crippen molar-refractivity contribution in [1.29, 1.82) is 0 Å². The van der Waals surface area contributed by atoms with Crippen molar-refractivity contribution in [3.63, 3.8) is 0 Å². The van der Waals surface area contributed by atoms with Crippen molar-refractivity contribution in [2.75, 3.05) is 26.4 Å². The number of hydrogen-bond donors (Lipinski definition) is 6. The third-order valence-corrected chi connectivity index (χ3v) is 9.91. The number of aliphatic hydroxyl groups excluding tert-OH is 5. The first-order chi connectivity index (χ1) is 22.9. The molecular formula is C37H71NO9. The molecule has 6 N–H and O–H groups in total. The predicted octanol–water partition coefficient (Wildman–Crippen LogP) is 5.29. The largest absolute Gasteiger partial charge is 0.394 e. The van der Waals surface area contributed by atoms with Crippen LogP contribution in [-0.2, 0) is 19.0 Å². The lowest BCUT2D eigenvalue weighted by Crippen LogP contribution is -2.60. The van der Waals surface area contributed by atoms with Gasteiger partial charge < -0.3 is 45.1 Å². The molecule has 0 aliphatic carbocycles.